The first-order valence-electron chi connectivity index (χ1n) is 8.55. The molecule has 3 aromatic carbocycles. The number of halogens is 1. The van der Waals surface area contributed by atoms with Crippen molar-refractivity contribution in [3.8, 4) is 5.69 Å². The minimum absolute atomic E-state index is 0.205. The summed E-state index contributed by atoms with van der Waals surface area (Å²) in [4.78, 5) is 28.8. The molecule has 5 nitrogen and oxygen atoms in total. The maximum absolute atomic E-state index is 13.2. The quantitative estimate of drug-likeness (QED) is 0.388. The molecule has 0 atom stereocenters. The van der Waals surface area contributed by atoms with Gasteiger partial charge >= 0.3 is 0 Å². The Morgan fingerprint density at radius 3 is 2.50 bits per heavy atom. The Bertz CT molecular complexity index is 1260. The molecule has 0 fully saturated rings. The Kier molecular flexibility index (Phi) is 4.95. The minimum Gasteiger partial charge on any atom is -0.268 e. The molecule has 6 heteroatoms. The summed E-state index contributed by atoms with van der Waals surface area (Å²) >= 11 is 3.42. The molecule has 0 N–H and O–H groups in total. The second-order valence-electron chi connectivity index (χ2n) is 6.12. The van der Waals surface area contributed by atoms with Crippen LogP contribution in [0.2, 0.25) is 0 Å². The first kappa shape index (κ1) is 18.0. The van der Waals surface area contributed by atoms with Gasteiger partial charge in [0.25, 0.3) is 5.56 Å². The van der Waals surface area contributed by atoms with Crippen molar-refractivity contribution in [2.24, 2.45) is 5.18 Å². The molecule has 4 aromatic rings. The van der Waals surface area contributed by atoms with Crippen molar-refractivity contribution in [1.29, 1.82) is 0 Å². The lowest BCUT2D eigenvalue weighted by Crippen LogP contribution is -2.22. The summed E-state index contributed by atoms with van der Waals surface area (Å²) < 4.78 is 2.48. The number of rotatable bonds is 4. The molecule has 28 heavy (non-hydrogen) atoms. The van der Waals surface area contributed by atoms with Crippen LogP contribution in [0.25, 0.3) is 28.7 Å². The minimum atomic E-state index is -0.205. The molecule has 0 aliphatic carbocycles. The van der Waals surface area contributed by atoms with Gasteiger partial charge in [-0.25, -0.2) is 4.98 Å². The zero-order valence-corrected chi connectivity index (χ0v) is 16.2. The van der Waals surface area contributed by atoms with Gasteiger partial charge in [-0.05, 0) is 59.3 Å². The van der Waals surface area contributed by atoms with E-state index in [1.165, 1.54) is 4.57 Å². The van der Waals surface area contributed by atoms with Crippen molar-refractivity contribution in [1.82, 2.24) is 9.55 Å². The molecule has 0 aliphatic heterocycles. The van der Waals surface area contributed by atoms with E-state index in [-0.39, 0.29) is 11.2 Å². The first-order chi connectivity index (χ1) is 13.7. The number of nitroso groups, excluding NO2 is 1. The lowest BCUT2D eigenvalue weighted by molar-refractivity contribution is 0.944. The second kappa shape index (κ2) is 7.70. The van der Waals surface area contributed by atoms with E-state index in [4.69, 9.17) is 0 Å². The number of fused-ring (bicyclic) bond motifs is 1. The standard InChI is InChI=1S/C22H14BrN3O2/c23-16-11-8-15(9-12-16)10-13-21-24-20-7-2-1-6-19(20)22(27)26(21)18-5-3-4-17(14-18)25-28/h1-14H/b13-10+. The van der Waals surface area contributed by atoms with Crippen molar-refractivity contribution >= 4 is 44.7 Å². The van der Waals surface area contributed by atoms with Gasteiger partial charge in [0.1, 0.15) is 11.5 Å². The first-order valence-corrected chi connectivity index (χ1v) is 9.34. The number of hydrogen-bond donors (Lipinski definition) is 0. The maximum atomic E-state index is 13.2. The van der Waals surface area contributed by atoms with Crippen molar-refractivity contribution < 1.29 is 0 Å². The van der Waals surface area contributed by atoms with E-state index >= 15 is 0 Å². The average molecular weight is 432 g/mol. The summed E-state index contributed by atoms with van der Waals surface area (Å²) in [6, 6.07) is 21.6. The van der Waals surface area contributed by atoms with Gasteiger partial charge in [0.2, 0.25) is 0 Å². The highest BCUT2D eigenvalue weighted by Crippen LogP contribution is 2.20. The lowest BCUT2D eigenvalue weighted by atomic mass is 10.2. The van der Waals surface area contributed by atoms with Gasteiger partial charge in [-0.15, -0.1) is 4.91 Å². The van der Waals surface area contributed by atoms with Gasteiger partial charge in [0, 0.05) is 4.47 Å². The van der Waals surface area contributed by atoms with Crippen LogP contribution in [0.1, 0.15) is 11.4 Å². The predicted octanol–water partition coefficient (Wildman–Crippen LogP) is 5.72. The molecule has 0 saturated heterocycles. The Balaban J connectivity index is 1.94. The summed E-state index contributed by atoms with van der Waals surface area (Å²) in [7, 11) is 0. The fourth-order valence-corrected chi connectivity index (χ4v) is 3.21. The molecule has 0 amide bonds. The topological polar surface area (TPSA) is 64.3 Å². The summed E-state index contributed by atoms with van der Waals surface area (Å²) in [5.41, 5.74) is 2.17. The van der Waals surface area contributed by atoms with E-state index in [1.54, 1.807) is 48.5 Å². The lowest BCUT2D eigenvalue weighted by Gasteiger charge is -2.11. The van der Waals surface area contributed by atoms with Crippen LogP contribution in [-0.2, 0) is 0 Å². The Hall–Kier alpha value is -3.38. The van der Waals surface area contributed by atoms with Crippen LogP contribution >= 0.6 is 15.9 Å². The molecular weight excluding hydrogens is 418 g/mol. The number of hydrogen-bond acceptors (Lipinski definition) is 4. The highest BCUT2D eigenvalue weighted by Gasteiger charge is 2.11. The number of nitrogens with zero attached hydrogens (tertiary/aromatic N) is 3. The molecule has 1 aromatic heterocycles. The number of aromatic nitrogens is 2. The van der Waals surface area contributed by atoms with E-state index in [2.05, 4.69) is 26.1 Å². The van der Waals surface area contributed by atoms with E-state index in [0.717, 1.165) is 10.0 Å². The molecule has 0 saturated carbocycles. The van der Waals surface area contributed by atoms with Crippen LogP contribution in [0.5, 0.6) is 0 Å². The Labute approximate surface area is 169 Å². The second-order valence-corrected chi connectivity index (χ2v) is 7.04. The molecule has 0 bridgehead atoms. The predicted molar refractivity (Wildman–Crippen MR) is 116 cm³/mol. The number of benzene rings is 3. The monoisotopic (exact) mass is 431 g/mol. The van der Waals surface area contributed by atoms with Crippen molar-refractivity contribution in [2.75, 3.05) is 0 Å². The van der Waals surface area contributed by atoms with E-state index in [0.29, 0.717) is 22.4 Å². The van der Waals surface area contributed by atoms with Crippen LogP contribution < -0.4 is 5.56 Å². The fraction of sp³-hybridized carbons (Fsp3) is 0. The molecule has 0 unspecified atom stereocenters. The summed E-state index contributed by atoms with van der Waals surface area (Å²) in [6.45, 7) is 0. The molecule has 1 heterocycles. The molecule has 136 valence electrons. The third-order valence-corrected chi connectivity index (χ3v) is 4.82. The summed E-state index contributed by atoms with van der Waals surface area (Å²) in [5, 5.41) is 3.48. The summed E-state index contributed by atoms with van der Waals surface area (Å²) in [5.74, 6) is 0.467. The van der Waals surface area contributed by atoms with E-state index in [9.17, 15) is 9.70 Å². The highest BCUT2D eigenvalue weighted by molar-refractivity contribution is 9.10. The fourth-order valence-electron chi connectivity index (χ4n) is 2.94. The largest absolute Gasteiger partial charge is 0.268 e. The smallest absolute Gasteiger partial charge is 0.266 e. The molecule has 0 radical (unpaired) electrons. The molecule has 0 spiro atoms. The number of para-hydroxylation sites is 1. The van der Waals surface area contributed by atoms with Crippen LogP contribution in [0.3, 0.4) is 0 Å². The van der Waals surface area contributed by atoms with Gasteiger partial charge in [-0.3, -0.25) is 9.36 Å². The third kappa shape index (κ3) is 3.54. The maximum Gasteiger partial charge on any atom is 0.266 e. The average Bonchev–Trinajstić information content (AvgIpc) is 2.73. The Morgan fingerprint density at radius 1 is 0.929 bits per heavy atom. The van der Waals surface area contributed by atoms with Crippen molar-refractivity contribution in [2.45, 2.75) is 0 Å². The van der Waals surface area contributed by atoms with Gasteiger partial charge in [-0.1, -0.05) is 52.3 Å². The molecular formula is C22H14BrN3O2. The van der Waals surface area contributed by atoms with Gasteiger partial charge in [0.15, 0.2) is 0 Å². The Morgan fingerprint density at radius 2 is 1.71 bits per heavy atom. The molecule has 4 rings (SSSR count). The zero-order valence-electron chi connectivity index (χ0n) is 14.6. The molecule has 0 aliphatic rings. The van der Waals surface area contributed by atoms with E-state index < -0.39 is 0 Å². The zero-order chi connectivity index (χ0) is 19.5. The van der Waals surface area contributed by atoms with Crippen molar-refractivity contribution in [3.63, 3.8) is 0 Å². The third-order valence-electron chi connectivity index (χ3n) is 4.29. The van der Waals surface area contributed by atoms with E-state index in [1.807, 2.05) is 36.4 Å². The normalized spacial score (nSPS) is 11.2. The summed E-state index contributed by atoms with van der Waals surface area (Å²) in [6.07, 6.45) is 3.68. The van der Waals surface area contributed by atoms with Gasteiger partial charge in [0.05, 0.1) is 16.6 Å². The van der Waals surface area contributed by atoms with Crippen LogP contribution in [0, 0.1) is 4.91 Å². The van der Waals surface area contributed by atoms with Crippen molar-refractivity contribution in [3.05, 3.63) is 104 Å². The van der Waals surface area contributed by atoms with Crippen LogP contribution in [0.15, 0.2) is 87.2 Å². The van der Waals surface area contributed by atoms with Gasteiger partial charge < -0.3 is 0 Å². The van der Waals surface area contributed by atoms with Crippen LogP contribution in [0.4, 0.5) is 5.69 Å². The SMILES string of the molecule is O=Nc1cccc(-n2c(/C=C/c3ccc(Br)cc3)nc3ccccc3c2=O)c1. The van der Waals surface area contributed by atoms with Gasteiger partial charge in [-0.2, -0.15) is 0 Å². The highest BCUT2D eigenvalue weighted by atomic mass is 79.9. The van der Waals surface area contributed by atoms with Crippen LogP contribution in [-0.4, -0.2) is 9.55 Å².